The van der Waals surface area contributed by atoms with Gasteiger partial charge in [0, 0.05) is 31.1 Å². The molecule has 30 heavy (non-hydrogen) atoms. The molecule has 6 heteroatoms. The standard InChI is InChI=1S/C24H27N3O2S/c1-16-6-9-19(10-7-16)30-22-21(26-13-11-25(4)12-14-26)23(28)27(24(22)29)20-15-17(2)5-8-18(20)3/h5-10,15H,11-14H2,1-4H3. The number of benzene rings is 2. The smallest absolute Gasteiger partial charge is 0.283 e. The van der Waals surface area contributed by atoms with Crippen LogP contribution < -0.4 is 4.90 Å². The van der Waals surface area contributed by atoms with Gasteiger partial charge >= 0.3 is 0 Å². The number of hydrogen-bond acceptors (Lipinski definition) is 5. The molecule has 0 N–H and O–H groups in total. The summed E-state index contributed by atoms with van der Waals surface area (Å²) in [6.45, 7) is 9.18. The Labute approximate surface area is 182 Å². The van der Waals surface area contributed by atoms with E-state index in [1.807, 2.05) is 63.2 Å². The van der Waals surface area contributed by atoms with Crippen molar-refractivity contribution in [2.24, 2.45) is 0 Å². The van der Waals surface area contributed by atoms with Gasteiger partial charge in [-0.3, -0.25) is 9.59 Å². The summed E-state index contributed by atoms with van der Waals surface area (Å²) >= 11 is 1.40. The van der Waals surface area contributed by atoms with Crippen LogP contribution in [-0.2, 0) is 9.59 Å². The molecule has 0 unspecified atom stereocenters. The van der Waals surface area contributed by atoms with Gasteiger partial charge in [0.15, 0.2) is 0 Å². The molecular weight excluding hydrogens is 394 g/mol. The molecule has 4 rings (SSSR count). The number of piperazine rings is 1. The minimum absolute atomic E-state index is 0.215. The van der Waals surface area contributed by atoms with Crippen molar-refractivity contribution in [2.45, 2.75) is 25.7 Å². The van der Waals surface area contributed by atoms with Crippen molar-refractivity contribution in [1.82, 2.24) is 9.80 Å². The van der Waals surface area contributed by atoms with E-state index in [2.05, 4.69) is 16.8 Å². The minimum Gasteiger partial charge on any atom is -0.363 e. The maximum absolute atomic E-state index is 13.6. The predicted molar refractivity (Wildman–Crippen MR) is 122 cm³/mol. The monoisotopic (exact) mass is 421 g/mol. The zero-order valence-corrected chi connectivity index (χ0v) is 18.8. The zero-order chi connectivity index (χ0) is 21.4. The number of rotatable bonds is 4. The number of likely N-dealkylation sites (N-methyl/N-ethyl adjacent to an activating group) is 1. The van der Waals surface area contributed by atoms with E-state index in [1.165, 1.54) is 22.2 Å². The summed E-state index contributed by atoms with van der Waals surface area (Å²) in [5.41, 5.74) is 4.33. The third kappa shape index (κ3) is 3.89. The van der Waals surface area contributed by atoms with Gasteiger partial charge in [-0.05, 0) is 57.1 Å². The predicted octanol–water partition coefficient (Wildman–Crippen LogP) is 3.74. The summed E-state index contributed by atoms with van der Waals surface area (Å²) in [6.07, 6.45) is 0. The molecule has 1 saturated heterocycles. The van der Waals surface area contributed by atoms with Gasteiger partial charge < -0.3 is 9.80 Å². The van der Waals surface area contributed by atoms with Gasteiger partial charge in [-0.1, -0.05) is 41.6 Å². The van der Waals surface area contributed by atoms with E-state index in [4.69, 9.17) is 0 Å². The zero-order valence-electron chi connectivity index (χ0n) is 17.9. The van der Waals surface area contributed by atoms with E-state index < -0.39 is 0 Å². The van der Waals surface area contributed by atoms with E-state index in [-0.39, 0.29) is 11.8 Å². The molecule has 0 atom stereocenters. The lowest BCUT2D eigenvalue weighted by Gasteiger charge is -2.34. The van der Waals surface area contributed by atoms with Gasteiger partial charge in [0.25, 0.3) is 11.8 Å². The highest BCUT2D eigenvalue weighted by Gasteiger charge is 2.43. The molecule has 0 aliphatic carbocycles. The van der Waals surface area contributed by atoms with Crippen molar-refractivity contribution in [3.05, 3.63) is 69.8 Å². The van der Waals surface area contributed by atoms with E-state index in [9.17, 15) is 9.59 Å². The lowest BCUT2D eigenvalue weighted by Crippen LogP contribution is -2.46. The molecule has 5 nitrogen and oxygen atoms in total. The number of imide groups is 1. The van der Waals surface area contributed by atoms with Crippen molar-refractivity contribution in [1.29, 1.82) is 0 Å². The van der Waals surface area contributed by atoms with Crippen molar-refractivity contribution < 1.29 is 9.59 Å². The summed E-state index contributed by atoms with van der Waals surface area (Å²) in [6, 6.07) is 14.0. The summed E-state index contributed by atoms with van der Waals surface area (Å²) in [5.74, 6) is -0.443. The summed E-state index contributed by atoms with van der Waals surface area (Å²) < 4.78 is 0. The van der Waals surface area contributed by atoms with E-state index in [1.54, 1.807) is 0 Å². The fourth-order valence-corrected chi connectivity index (χ4v) is 4.80. The van der Waals surface area contributed by atoms with Gasteiger partial charge in [-0.2, -0.15) is 0 Å². The number of aryl methyl sites for hydroxylation is 3. The van der Waals surface area contributed by atoms with Crippen molar-refractivity contribution in [3.8, 4) is 0 Å². The molecule has 0 aromatic heterocycles. The first-order valence-electron chi connectivity index (χ1n) is 10.2. The second-order valence-electron chi connectivity index (χ2n) is 8.12. The largest absolute Gasteiger partial charge is 0.363 e. The first-order chi connectivity index (χ1) is 14.3. The number of hydrogen-bond donors (Lipinski definition) is 0. The lowest BCUT2D eigenvalue weighted by molar-refractivity contribution is -0.121. The van der Waals surface area contributed by atoms with Crippen LogP contribution in [0.5, 0.6) is 0 Å². The van der Waals surface area contributed by atoms with Crippen LogP contribution in [0.1, 0.15) is 16.7 Å². The molecule has 0 saturated carbocycles. The molecule has 2 heterocycles. The third-order valence-electron chi connectivity index (χ3n) is 5.68. The first-order valence-corrected chi connectivity index (χ1v) is 11.0. The van der Waals surface area contributed by atoms with Gasteiger partial charge in [0.1, 0.15) is 10.6 Å². The van der Waals surface area contributed by atoms with Crippen LogP contribution in [0, 0.1) is 20.8 Å². The van der Waals surface area contributed by atoms with Crippen LogP contribution in [0.3, 0.4) is 0 Å². The van der Waals surface area contributed by atoms with Gasteiger partial charge in [0.2, 0.25) is 0 Å². The van der Waals surface area contributed by atoms with Crippen LogP contribution in [0.25, 0.3) is 0 Å². The average molecular weight is 422 g/mol. The molecule has 2 aliphatic rings. The normalized spacial score (nSPS) is 18.0. The summed E-state index contributed by atoms with van der Waals surface area (Å²) in [4.78, 5) is 34.3. The number of nitrogens with zero attached hydrogens (tertiary/aromatic N) is 3. The van der Waals surface area contributed by atoms with Gasteiger partial charge in [-0.25, -0.2) is 4.90 Å². The topological polar surface area (TPSA) is 43.9 Å². The lowest BCUT2D eigenvalue weighted by atomic mass is 10.1. The number of carbonyl (C=O) groups is 2. The SMILES string of the molecule is Cc1ccc(SC2=C(N3CCN(C)CC3)C(=O)N(c3cc(C)ccc3C)C2=O)cc1. The Hall–Kier alpha value is -2.57. The molecular formula is C24H27N3O2S. The summed E-state index contributed by atoms with van der Waals surface area (Å²) in [5, 5.41) is 0. The highest BCUT2D eigenvalue weighted by atomic mass is 32.2. The highest BCUT2D eigenvalue weighted by molar-refractivity contribution is 8.04. The number of amides is 2. The maximum Gasteiger partial charge on any atom is 0.283 e. The quantitative estimate of drug-likeness (QED) is 0.704. The van der Waals surface area contributed by atoms with E-state index >= 15 is 0 Å². The number of carbonyl (C=O) groups excluding carboxylic acids is 2. The fourth-order valence-electron chi connectivity index (χ4n) is 3.80. The third-order valence-corrected chi connectivity index (χ3v) is 6.76. The molecule has 1 fully saturated rings. The van der Waals surface area contributed by atoms with Crippen LogP contribution in [-0.4, -0.2) is 54.8 Å². The van der Waals surface area contributed by atoms with E-state index in [0.29, 0.717) is 16.3 Å². The average Bonchev–Trinajstić information content (AvgIpc) is 2.96. The number of anilines is 1. The molecule has 0 spiro atoms. The highest BCUT2D eigenvalue weighted by Crippen LogP contribution is 2.40. The molecule has 0 radical (unpaired) electrons. The molecule has 2 aliphatic heterocycles. The Morgan fingerprint density at radius 3 is 2.10 bits per heavy atom. The Morgan fingerprint density at radius 2 is 1.43 bits per heavy atom. The van der Waals surface area contributed by atoms with Crippen LogP contribution >= 0.6 is 11.8 Å². The first kappa shape index (κ1) is 20.7. The van der Waals surface area contributed by atoms with Crippen molar-refractivity contribution in [2.75, 3.05) is 38.1 Å². The van der Waals surface area contributed by atoms with Crippen LogP contribution in [0.2, 0.25) is 0 Å². The van der Waals surface area contributed by atoms with E-state index in [0.717, 1.165) is 42.2 Å². The second kappa shape index (κ2) is 8.28. The van der Waals surface area contributed by atoms with Crippen LogP contribution in [0.4, 0.5) is 5.69 Å². The molecule has 156 valence electrons. The number of thioether (sulfide) groups is 1. The Morgan fingerprint density at radius 1 is 0.800 bits per heavy atom. The molecule has 2 aromatic carbocycles. The molecule has 2 amide bonds. The van der Waals surface area contributed by atoms with Crippen molar-refractivity contribution in [3.63, 3.8) is 0 Å². The maximum atomic E-state index is 13.6. The van der Waals surface area contributed by atoms with Gasteiger partial charge in [-0.15, -0.1) is 0 Å². The minimum atomic E-state index is -0.229. The second-order valence-corrected chi connectivity index (χ2v) is 9.20. The summed E-state index contributed by atoms with van der Waals surface area (Å²) in [7, 11) is 2.08. The fraction of sp³-hybridized carbons (Fsp3) is 0.333. The Balaban J connectivity index is 1.75. The Kier molecular flexibility index (Phi) is 5.71. The molecule has 2 aromatic rings. The van der Waals surface area contributed by atoms with Crippen molar-refractivity contribution >= 4 is 29.3 Å². The van der Waals surface area contributed by atoms with Gasteiger partial charge in [0.05, 0.1) is 5.69 Å². The van der Waals surface area contributed by atoms with Crippen LogP contribution in [0.15, 0.2) is 58.0 Å². The Bertz CT molecular complexity index is 1020. The molecule has 0 bridgehead atoms.